The second-order valence-corrected chi connectivity index (χ2v) is 5.57. The van der Waals surface area contributed by atoms with Crippen molar-refractivity contribution in [2.45, 2.75) is 6.92 Å². The van der Waals surface area contributed by atoms with Gasteiger partial charge in [-0.25, -0.2) is 9.97 Å². The van der Waals surface area contributed by atoms with Crippen LogP contribution >= 0.6 is 11.3 Å². The van der Waals surface area contributed by atoms with Crippen LogP contribution in [0.2, 0.25) is 0 Å². The highest BCUT2D eigenvalue weighted by Crippen LogP contribution is 2.21. The third kappa shape index (κ3) is 2.85. The molecule has 3 rings (SSSR count). The maximum atomic E-state index is 4.66. The Hall–Kier alpha value is -1.82. The molecule has 1 aliphatic rings. The molecule has 20 heavy (non-hydrogen) atoms. The molecule has 1 N–H and O–H groups in total. The standard InChI is InChI=1S/C14H19N5S/c1-2-15-12-4-3-5-13(17-12)18-7-9-19(10-8-18)14-16-6-11-20-14/h3-6,11H,2,7-10H2,1H3,(H,15,17). The fraction of sp³-hybridized carbons (Fsp3) is 0.429. The van der Waals surface area contributed by atoms with Gasteiger partial charge in [0.25, 0.3) is 0 Å². The summed E-state index contributed by atoms with van der Waals surface area (Å²) in [5.74, 6) is 2.01. The minimum absolute atomic E-state index is 0.897. The van der Waals surface area contributed by atoms with E-state index in [0.29, 0.717) is 0 Å². The molecule has 1 aliphatic heterocycles. The van der Waals surface area contributed by atoms with E-state index in [1.807, 2.05) is 17.6 Å². The number of thiazole rings is 1. The number of anilines is 3. The first kappa shape index (κ1) is 13.2. The van der Waals surface area contributed by atoms with Crippen molar-refractivity contribution in [3.05, 3.63) is 29.8 Å². The fourth-order valence-corrected chi connectivity index (χ4v) is 3.07. The lowest BCUT2D eigenvalue weighted by atomic mass is 10.3. The number of nitrogens with zero attached hydrogens (tertiary/aromatic N) is 4. The van der Waals surface area contributed by atoms with Crippen molar-refractivity contribution in [3.63, 3.8) is 0 Å². The van der Waals surface area contributed by atoms with Crippen molar-refractivity contribution < 1.29 is 0 Å². The van der Waals surface area contributed by atoms with Crippen molar-refractivity contribution >= 4 is 28.1 Å². The predicted molar refractivity (Wildman–Crippen MR) is 84.9 cm³/mol. The maximum Gasteiger partial charge on any atom is 0.185 e. The first-order valence-electron chi connectivity index (χ1n) is 6.97. The zero-order valence-electron chi connectivity index (χ0n) is 11.6. The molecule has 0 aliphatic carbocycles. The Morgan fingerprint density at radius 2 is 2.00 bits per heavy atom. The van der Waals surface area contributed by atoms with E-state index in [4.69, 9.17) is 0 Å². The first-order valence-corrected chi connectivity index (χ1v) is 7.85. The average Bonchev–Trinajstić information content (AvgIpc) is 3.02. The molecular formula is C14H19N5S. The summed E-state index contributed by atoms with van der Waals surface area (Å²) in [5, 5.41) is 6.42. The van der Waals surface area contributed by atoms with Crippen LogP contribution in [0.25, 0.3) is 0 Å². The summed E-state index contributed by atoms with van der Waals surface area (Å²) in [5.41, 5.74) is 0. The summed E-state index contributed by atoms with van der Waals surface area (Å²) in [4.78, 5) is 13.7. The summed E-state index contributed by atoms with van der Waals surface area (Å²) in [6.07, 6.45) is 1.87. The molecule has 0 unspecified atom stereocenters. The third-order valence-electron chi connectivity index (χ3n) is 3.39. The third-order valence-corrected chi connectivity index (χ3v) is 4.22. The van der Waals surface area contributed by atoms with E-state index in [1.165, 1.54) is 0 Å². The number of aromatic nitrogens is 2. The van der Waals surface area contributed by atoms with Crippen molar-refractivity contribution in [1.29, 1.82) is 0 Å². The van der Waals surface area contributed by atoms with E-state index < -0.39 is 0 Å². The average molecular weight is 289 g/mol. The molecular weight excluding hydrogens is 270 g/mol. The van der Waals surface area contributed by atoms with Crippen LogP contribution in [-0.4, -0.2) is 42.7 Å². The van der Waals surface area contributed by atoms with Gasteiger partial charge in [-0.3, -0.25) is 0 Å². The van der Waals surface area contributed by atoms with E-state index in [1.54, 1.807) is 11.3 Å². The smallest absolute Gasteiger partial charge is 0.185 e. The lowest BCUT2D eigenvalue weighted by Gasteiger charge is -2.35. The molecule has 6 heteroatoms. The van der Waals surface area contributed by atoms with Crippen molar-refractivity contribution in [3.8, 4) is 0 Å². The molecule has 0 radical (unpaired) electrons. The summed E-state index contributed by atoms with van der Waals surface area (Å²) in [7, 11) is 0. The van der Waals surface area contributed by atoms with Gasteiger partial charge in [0.2, 0.25) is 0 Å². The molecule has 1 saturated heterocycles. The van der Waals surface area contributed by atoms with Crippen LogP contribution in [0.3, 0.4) is 0 Å². The Balaban J connectivity index is 1.64. The molecule has 0 aromatic carbocycles. The Morgan fingerprint density at radius 3 is 2.70 bits per heavy atom. The van der Waals surface area contributed by atoms with E-state index in [-0.39, 0.29) is 0 Å². The van der Waals surface area contributed by atoms with Gasteiger partial charge < -0.3 is 15.1 Å². The molecule has 3 heterocycles. The van der Waals surface area contributed by atoms with Gasteiger partial charge in [0.05, 0.1) is 0 Å². The molecule has 0 bridgehead atoms. The number of hydrogen-bond donors (Lipinski definition) is 1. The summed E-state index contributed by atoms with van der Waals surface area (Å²) < 4.78 is 0. The van der Waals surface area contributed by atoms with Crippen LogP contribution in [0.15, 0.2) is 29.8 Å². The summed E-state index contributed by atoms with van der Waals surface area (Å²) in [6.45, 7) is 6.96. The minimum Gasteiger partial charge on any atom is -0.370 e. The molecule has 106 valence electrons. The Morgan fingerprint density at radius 1 is 1.20 bits per heavy atom. The van der Waals surface area contributed by atoms with Crippen LogP contribution in [-0.2, 0) is 0 Å². The zero-order chi connectivity index (χ0) is 13.8. The normalized spacial score (nSPS) is 15.4. The van der Waals surface area contributed by atoms with Crippen molar-refractivity contribution in [2.24, 2.45) is 0 Å². The highest BCUT2D eigenvalue weighted by molar-refractivity contribution is 7.13. The van der Waals surface area contributed by atoms with Crippen LogP contribution < -0.4 is 15.1 Å². The Kier molecular flexibility index (Phi) is 4.01. The SMILES string of the molecule is CCNc1cccc(N2CCN(c3nccs3)CC2)n1. The molecule has 0 spiro atoms. The van der Waals surface area contributed by atoms with Crippen LogP contribution in [0.5, 0.6) is 0 Å². The van der Waals surface area contributed by atoms with Gasteiger partial charge in [-0.15, -0.1) is 11.3 Å². The van der Waals surface area contributed by atoms with Crippen molar-refractivity contribution in [1.82, 2.24) is 9.97 Å². The highest BCUT2D eigenvalue weighted by Gasteiger charge is 2.19. The maximum absolute atomic E-state index is 4.66. The van der Waals surface area contributed by atoms with Gasteiger partial charge in [-0.2, -0.15) is 0 Å². The van der Waals surface area contributed by atoms with Gasteiger partial charge in [-0.1, -0.05) is 6.07 Å². The second-order valence-electron chi connectivity index (χ2n) is 4.70. The lowest BCUT2D eigenvalue weighted by Crippen LogP contribution is -2.46. The minimum atomic E-state index is 0.897. The number of rotatable bonds is 4. The zero-order valence-corrected chi connectivity index (χ0v) is 12.4. The molecule has 1 fully saturated rings. The van der Waals surface area contributed by atoms with E-state index in [0.717, 1.165) is 49.5 Å². The van der Waals surface area contributed by atoms with Gasteiger partial charge in [0.1, 0.15) is 11.6 Å². The lowest BCUT2D eigenvalue weighted by molar-refractivity contribution is 0.646. The molecule has 5 nitrogen and oxygen atoms in total. The van der Waals surface area contributed by atoms with Gasteiger partial charge in [0.15, 0.2) is 5.13 Å². The number of piperazine rings is 1. The number of pyridine rings is 1. The summed E-state index contributed by atoms with van der Waals surface area (Å²) in [6, 6.07) is 6.16. The van der Waals surface area contributed by atoms with E-state index in [9.17, 15) is 0 Å². The van der Waals surface area contributed by atoms with Gasteiger partial charge in [-0.05, 0) is 19.1 Å². The topological polar surface area (TPSA) is 44.3 Å². The molecule has 0 amide bonds. The van der Waals surface area contributed by atoms with Gasteiger partial charge in [0, 0.05) is 44.3 Å². The number of nitrogens with one attached hydrogen (secondary N) is 1. The highest BCUT2D eigenvalue weighted by atomic mass is 32.1. The predicted octanol–water partition coefficient (Wildman–Crippen LogP) is 2.30. The van der Waals surface area contributed by atoms with Crippen LogP contribution in [0.1, 0.15) is 6.92 Å². The monoisotopic (exact) mass is 289 g/mol. The van der Waals surface area contributed by atoms with E-state index in [2.05, 4.69) is 44.1 Å². The van der Waals surface area contributed by atoms with Crippen LogP contribution in [0, 0.1) is 0 Å². The Labute approximate surface area is 123 Å². The first-order chi connectivity index (χ1) is 9.86. The molecule has 2 aromatic rings. The Bertz CT molecular complexity index is 534. The molecule has 0 saturated carbocycles. The summed E-state index contributed by atoms with van der Waals surface area (Å²) >= 11 is 1.71. The fourth-order valence-electron chi connectivity index (χ4n) is 2.38. The largest absolute Gasteiger partial charge is 0.370 e. The number of hydrogen-bond acceptors (Lipinski definition) is 6. The van der Waals surface area contributed by atoms with Crippen molar-refractivity contribution in [2.75, 3.05) is 47.8 Å². The van der Waals surface area contributed by atoms with Gasteiger partial charge >= 0.3 is 0 Å². The van der Waals surface area contributed by atoms with E-state index >= 15 is 0 Å². The second kappa shape index (κ2) is 6.09. The molecule has 2 aromatic heterocycles. The quantitative estimate of drug-likeness (QED) is 0.935. The molecule has 0 atom stereocenters. The van der Waals surface area contributed by atoms with Crippen LogP contribution in [0.4, 0.5) is 16.8 Å².